The topological polar surface area (TPSA) is 72.0 Å². The molecule has 0 aliphatic rings. The normalized spacial score (nSPS) is 10.6. The number of benzene rings is 1. The molecule has 0 aliphatic heterocycles. The van der Waals surface area contributed by atoms with Crippen LogP contribution in [0.2, 0.25) is 0 Å². The molecule has 0 unspecified atom stereocenters. The Morgan fingerprint density at radius 1 is 1.14 bits per heavy atom. The molecule has 6 heteroatoms. The summed E-state index contributed by atoms with van der Waals surface area (Å²) >= 11 is 1.46. The molecule has 0 atom stereocenters. The van der Waals surface area contributed by atoms with Crippen molar-refractivity contribution in [1.29, 1.82) is 0 Å². The first kappa shape index (κ1) is 19.9. The molecular formula is C22H23N3O2S. The lowest BCUT2D eigenvalue weighted by Gasteiger charge is -2.13. The van der Waals surface area contributed by atoms with Gasteiger partial charge in [-0.25, -0.2) is 4.98 Å². The van der Waals surface area contributed by atoms with Crippen LogP contribution in [0.1, 0.15) is 46.4 Å². The number of nitrogens with one attached hydrogen (secondary N) is 1. The van der Waals surface area contributed by atoms with Gasteiger partial charge in [-0.1, -0.05) is 19.1 Å². The Kier molecular flexibility index (Phi) is 6.66. The smallest absolute Gasteiger partial charge is 0.173 e. The highest BCUT2D eigenvalue weighted by Crippen LogP contribution is 2.24. The van der Waals surface area contributed by atoms with Gasteiger partial charge in [-0.15, -0.1) is 11.3 Å². The van der Waals surface area contributed by atoms with Crippen molar-refractivity contribution in [2.45, 2.75) is 39.5 Å². The number of thiazole rings is 1. The number of hydrogen-bond acceptors (Lipinski definition) is 6. The van der Waals surface area contributed by atoms with Crippen molar-refractivity contribution in [1.82, 2.24) is 9.97 Å². The van der Waals surface area contributed by atoms with Crippen molar-refractivity contribution in [3.05, 3.63) is 69.9 Å². The van der Waals surface area contributed by atoms with Crippen molar-refractivity contribution < 1.29 is 9.59 Å². The predicted molar refractivity (Wildman–Crippen MR) is 112 cm³/mol. The van der Waals surface area contributed by atoms with Crippen molar-refractivity contribution in [2.24, 2.45) is 0 Å². The van der Waals surface area contributed by atoms with Crippen LogP contribution in [0.5, 0.6) is 0 Å². The van der Waals surface area contributed by atoms with E-state index in [-0.39, 0.29) is 24.4 Å². The van der Waals surface area contributed by atoms with Crippen molar-refractivity contribution >= 4 is 34.3 Å². The predicted octanol–water partition coefficient (Wildman–Crippen LogP) is 4.93. The lowest BCUT2D eigenvalue weighted by molar-refractivity contribution is -0.118. The fraction of sp³-hybridized carbons (Fsp3) is 0.273. The number of ketones is 2. The summed E-state index contributed by atoms with van der Waals surface area (Å²) in [5.74, 6) is 0.0994. The molecule has 1 N–H and O–H groups in total. The second-order valence-electron chi connectivity index (χ2n) is 6.71. The Hall–Kier alpha value is -2.86. The van der Waals surface area contributed by atoms with Crippen LogP contribution in [0.25, 0.3) is 0 Å². The Balaban J connectivity index is 1.90. The zero-order valence-electron chi connectivity index (χ0n) is 16.1. The van der Waals surface area contributed by atoms with Gasteiger partial charge in [-0.05, 0) is 37.1 Å². The zero-order valence-corrected chi connectivity index (χ0v) is 16.9. The number of pyridine rings is 1. The summed E-state index contributed by atoms with van der Waals surface area (Å²) < 4.78 is 0. The van der Waals surface area contributed by atoms with E-state index in [1.54, 1.807) is 12.4 Å². The molecular weight excluding hydrogens is 370 g/mol. The van der Waals surface area contributed by atoms with Gasteiger partial charge >= 0.3 is 0 Å². The molecule has 0 aliphatic carbocycles. The van der Waals surface area contributed by atoms with Gasteiger partial charge in [0.2, 0.25) is 0 Å². The molecule has 0 saturated heterocycles. The lowest BCUT2D eigenvalue weighted by Crippen LogP contribution is -2.10. The Morgan fingerprint density at radius 2 is 2.00 bits per heavy atom. The molecule has 2 heterocycles. The van der Waals surface area contributed by atoms with Crippen LogP contribution in [0.4, 0.5) is 11.4 Å². The van der Waals surface area contributed by atoms with E-state index in [2.05, 4.69) is 15.3 Å². The third kappa shape index (κ3) is 5.33. The quantitative estimate of drug-likeness (QED) is 0.522. The van der Waals surface area contributed by atoms with E-state index in [1.807, 2.05) is 49.6 Å². The van der Waals surface area contributed by atoms with Crippen LogP contribution < -0.4 is 5.32 Å². The monoisotopic (exact) mass is 393 g/mol. The van der Waals surface area contributed by atoms with E-state index < -0.39 is 0 Å². The Morgan fingerprint density at radius 3 is 2.71 bits per heavy atom. The van der Waals surface area contributed by atoms with Gasteiger partial charge in [0, 0.05) is 42.0 Å². The van der Waals surface area contributed by atoms with Crippen LogP contribution in [0, 0.1) is 6.92 Å². The number of hydrogen-bond donors (Lipinski definition) is 1. The summed E-state index contributed by atoms with van der Waals surface area (Å²) in [6.07, 6.45) is 5.13. The van der Waals surface area contributed by atoms with E-state index in [1.165, 1.54) is 11.3 Å². The number of carbonyl (C=O) groups is 2. The second-order valence-corrected chi connectivity index (χ2v) is 7.69. The first-order valence-corrected chi connectivity index (χ1v) is 10.2. The number of nitrogens with zero attached hydrogens (tertiary/aromatic N) is 2. The van der Waals surface area contributed by atoms with Gasteiger partial charge in [0.15, 0.2) is 5.78 Å². The average Bonchev–Trinajstić information content (AvgIpc) is 3.15. The maximum absolute atomic E-state index is 12.8. The van der Waals surface area contributed by atoms with Crippen LogP contribution in [0.3, 0.4) is 0 Å². The molecule has 3 rings (SSSR count). The highest BCUT2D eigenvalue weighted by atomic mass is 32.1. The van der Waals surface area contributed by atoms with Crippen LogP contribution >= 0.6 is 11.3 Å². The maximum atomic E-state index is 12.8. The van der Waals surface area contributed by atoms with E-state index in [0.717, 1.165) is 22.7 Å². The van der Waals surface area contributed by atoms with E-state index in [4.69, 9.17) is 0 Å². The first-order valence-electron chi connectivity index (χ1n) is 9.31. The highest BCUT2D eigenvalue weighted by Gasteiger charge is 2.16. The minimum atomic E-state index is -0.0518. The molecule has 0 saturated carbocycles. The molecule has 144 valence electrons. The minimum absolute atomic E-state index is 0.0518. The van der Waals surface area contributed by atoms with Crippen LogP contribution in [0.15, 0.2) is 48.1 Å². The highest BCUT2D eigenvalue weighted by molar-refractivity contribution is 7.09. The van der Waals surface area contributed by atoms with E-state index in [0.29, 0.717) is 23.4 Å². The molecule has 5 nitrogen and oxygen atoms in total. The summed E-state index contributed by atoms with van der Waals surface area (Å²) in [6, 6.07) is 9.75. The summed E-state index contributed by atoms with van der Waals surface area (Å²) in [4.78, 5) is 33.4. The molecule has 2 aromatic heterocycles. The standard InChI is InChI=1S/C22H23N3O2S/c1-3-5-18(26)11-17-12-20(25-16-7-4-6-15(2)10-16)19(14-24-17)21(27)13-22-23-8-9-28-22/h4,6-10,12,14H,3,5,11,13H2,1-2H3,(H,24,25). The minimum Gasteiger partial charge on any atom is -0.355 e. The molecule has 28 heavy (non-hydrogen) atoms. The molecule has 3 aromatic rings. The molecule has 0 amide bonds. The van der Waals surface area contributed by atoms with Gasteiger partial charge in [-0.3, -0.25) is 14.6 Å². The fourth-order valence-electron chi connectivity index (χ4n) is 2.94. The summed E-state index contributed by atoms with van der Waals surface area (Å²) in [7, 11) is 0. The molecule has 0 bridgehead atoms. The lowest BCUT2D eigenvalue weighted by atomic mass is 10.0. The Labute approximate surface area is 168 Å². The number of aromatic nitrogens is 2. The van der Waals surface area contributed by atoms with Gasteiger partial charge in [-0.2, -0.15) is 0 Å². The van der Waals surface area contributed by atoms with Crippen molar-refractivity contribution in [3.8, 4) is 0 Å². The maximum Gasteiger partial charge on any atom is 0.173 e. The number of aryl methyl sites for hydroxylation is 1. The molecule has 0 fully saturated rings. The molecule has 1 aromatic carbocycles. The zero-order chi connectivity index (χ0) is 19.9. The van der Waals surface area contributed by atoms with E-state index >= 15 is 0 Å². The number of anilines is 2. The largest absolute Gasteiger partial charge is 0.355 e. The first-order chi connectivity index (χ1) is 13.5. The van der Waals surface area contributed by atoms with Gasteiger partial charge < -0.3 is 5.32 Å². The van der Waals surface area contributed by atoms with Crippen LogP contribution in [-0.2, 0) is 17.6 Å². The van der Waals surface area contributed by atoms with Crippen molar-refractivity contribution in [2.75, 3.05) is 5.32 Å². The van der Waals surface area contributed by atoms with E-state index in [9.17, 15) is 9.59 Å². The number of rotatable bonds is 9. The SMILES string of the molecule is CCCC(=O)Cc1cc(Nc2cccc(C)c2)c(C(=O)Cc2nccs2)cn1. The molecule has 0 spiro atoms. The van der Waals surface area contributed by atoms with Crippen LogP contribution in [-0.4, -0.2) is 21.5 Å². The third-order valence-corrected chi connectivity index (χ3v) is 5.04. The number of Topliss-reactive ketones (excluding diaryl/α,β-unsaturated/α-hetero) is 2. The molecule has 0 radical (unpaired) electrons. The average molecular weight is 394 g/mol. The van der Waals surface area contributed by atoms with Gasteiger partial charge in [0.05, 0.1) is 17.7 Å². The summed E-state index contributed by atoms with van der Waals surface area (Å²) in [5.41, 5.74) is 3.85. The second kappa shape index (κ2) is 9.37. The Bertz CT molecular complexity index is 968. The van der Waals surface area contributed by atoms with Crippen molar-refractivity contribution in [3.63, 3.8) is 0 Å². The summed E-state index contributed by atoms with van der Waals surface area (Å²) in [6.45, 7) is 4.00. The van der Waals surface area contributed by atoms with Gasteiger partial charge in [0.1, 0.15) is 10.8 Å². The van der Waals surface area contributed by atoms with Gasteiger partial charge in [0.25, 0.3) is 0 Å². The third-order valence-electron chi connectivity index (χ3n) is 4.26. The number of carbonyl (C=O) groups excluding carboxylic acids is 2. The summed E-state index contributed by atoms with van der Waals surface area (Å²) in [5, 5.41) is 5.96. The fourth-order valence-corrected chi connectivity index (χ4v) is 3.56.